The molecule has 1 fully saturated rings. The number of hydrogen-bond donors (Lipinski definition) is 0. The molecular weight excluding hydrogens is 352 g/mol. The number of benzene rings is 1. The fraction of sp³-hybridized carbons (Fsp3) is 0.364. The van der Waals surface area contributed by atoms with Crippen LogP contribution in [0.1, 0.15) is 58.0 Å². The summed E-state index contributed by atoms with van der Waals surface area (Å²) in [5.41, 5.74) is 4.66. The van der Waals surface area contributed by atoms with Crippen molar-refractivity contribution in [3.8, 4) is 0 Å². The van der Waals surface area contributed by atoms with E-state index in [0.717, 1.165) is 32.4 Å². The Bertz CT molecular complexity index is 1010. The molecule has 0 radical (unpaired) electrons. The van der Waals surface area contributed by atoms with Gasteiger partial charge in [-0.1, -0.05) is 29.4 Å². The fourth-order valence-electron chi connectivity index (χ4n) is 4.97. The molecule has 1 aliphatic carbocycles. The van der Waals surface area contributed by atoms with Crippen LogP contribution in [-0.2, 0) is 5.41 Å². The molecule has 3 heterocycles. The van der Waals surface area contributed by atoms with Gasteiger partial charge in [-0.05, 0) is 48.3 Å². The van der Waals surface area contributed by atoms with Crippen LogP contribution in [0.4, 0.5) is 0 Å². The van der Waals surface area contributed by atoms with Crippen molar-refractivity contribution in [3.63, 3.8) is 0 Å². The number of amides is 1. The van der Waals surface area contributed by atoms with Crippen LogP contribution >= 0.6 is 0 Å². The summed E-state index contributed by atoms with van der Waals surface area (Å²) in [7, 11) is 0. The normalized spacial score (nSPS) is 20.3. The monoisotopic (exact) mass is 374 g/mol. The molecule has 1 saturated heterocycles. The molecule has 6 nitrogen and oxygen atoms in total. The molecule has 3 aromatic rings. The summed E-state index contributed by atoms with van der Waals surface area (Å²) in [5, 5.41) is 3.75. The van der Waals surface area contributed by atoms with Gasteiger partial charge >= 0.3 is 0 Å². The molecule has 0 N–H and O–H groups in total. The average Bonchev–Trinajstić information content (AvgIpc) is 3.31. The highest BCUT2D eigenvalue weighted by Gasteiger charge is 2.46. The van der Waals surface area contributed by atoms with Gasteiger partial charge in [0, 0.05) is 31.4 Å². The molecule has 6 heteroatoms. The predicted molar refractivity (Wildman–Crippen MR) is 103 cm³/mol. The summed E-state index contributed by atoms with van der Waals surface area (Å²) in [4.78, 5) is 23.2. The Morgan fingerprint density at radius 3 is 2.61 bits per heavy atom. The van der Waals surface area contributed by atoms with Gasteiger partial charge in [0.1, 0.15) is 17.7 Å². The Hall–Kier alpha value is -3.02. The topological polar surface area (TPSA) is 72.1 Å². The number of aromatic nitrogens is 3. The molecule has 1 aromatic carbocycles. The van der Waals surface area contributed by atoms with E-state index in [1.165, 1.54) is 22.9 Å². The second-order valence-corrected chi connectivity index (χ2v) is 7.88. The zero-order valence-electron chi connectivity index (χ0n) is 15.8. The molecule has 2 aliphatic rings. The third-order valence-corrected chi connectivity index (χ3v) is 6.47. The molecule has 1 amide bonds. The number of carbonyl (C=O) groups is 1. The van der Waals surface area contributed by atoms with Crippen LogP contribution in [-0.4, -0.2) is 39.0 Å². The minimum atomic E-state index is 0.0212. The SMILES string of the molecule is Cc1oncc1C(=O)N1CCC2(CC1)C[C@H](c1cncnc1)c1ccccc12. The Morgan fingerprint density at radius 1 is 1.14 bits per heavy atom. The lowest BCUT2D eigenvalue weighted by atomic mass is 9.73. The first-order chi connectivity index (χ1) is 13.7. The van der Waals surface area contributed by atoms with Crippen LogP contribution in [0.15, 0.2) is 53.7 Å². The maximum absolute atomic E-state index is 12.8. The average molecular weight is 374 g/mol. The van der Waals surface area contributed by atoms with Crippen molar-refractivity contribution in [1.29, 1.82) is 0 Å². The van der Waals surface area contributed by atoms with Crippen molar-refractivity contribution in [3.05, 3.63) is 77.2 Å². The maximum Gasteiger partial charge on any atom is 0.259 e. The van der Waals surface area contributed by atoms with E-state index in [4.69, 9.17) is 4.52 Å². The highest BCUT2D eigenvalue weighted by molar-refractivity contribution is 5.94. The Balaban J connectivity index is 1.41. The summed E-state index contributed by atoms with van der Waals surface area (Å²) < 4.78 is 5.07. The van der Waals surface area contributed by atoms with Gasteiger partial charge in [-0.15, -0.1) is 0 Å². The van der Waals surface area contributed by atoms with E-state index >= 15 is 0 Å². The first-order valence-electron chi connectivity index (χ1n) is 9.73. The number of nitrogens with zero attached hydrogens (tertiary/aromatic N) is 4. The summed E-state index contributed by atoms with van der Waals surface area (Å²) in [5.74, 6) is 0.925. The number of carbonyl (C=O) groups excluding carboxylic acids is 1. The second-order valence-electron chi connectivity index (χ2n) is 7.88. The van der Waals surface area contributed by atoms with Gasteiger partial charge in [-0.3, -0.25) is 4.79 Å². The highest BCUT2D eigenvalue weighted by Crippen LogP contribution is 2.53. The van der Waals surface area contributed by atoms with Crippen molar-refractivity contribution >= 4 is 5.91 Å². The lowest BCUT2D eigenvalue weighted by molar-refractivity contribution is 0.0662. The number of rotatable bonds is 2. The molecule has 0 saturated carbocycles. The molecular formula is C22H22N4O2. The molecule has 5 rings (SSSR count). The van der Waals surface area contributed by atoms with Crippen LogP contribution in [0, 0.1) is 6.92 Å². The largest absolute Gasteiger partial charge is 0.361 e. The zero-order valence-corrected chi connectivity index (χ0v) is 15.8. The van der Waals surface area contributed by atoms with Gasteiger partial charge in [0.05, 0.1) is 6.20 Å². The van der Waals surface area contributed by atoms with Gasteiger partial charge in [-0.25, -0.2) is 9.97 Å². The molecule has 0 bridgehead atoms. The van der Waals surface area contributed by atoms with E-state index in [9.17, 15) is 4.79 Å². The molecule has 1 atom stereocenters. The Kier molecular flexibility index (Phi) is 4.00. The van der Waals surface area contributed by atoms with E-state index in [1.807, 2.05) is 17.3 Å². The van der Waals surface area contributed by atoms with Crippen LogP contribution in [0.3, 0.4) is 0 Å². The van der Waals surface area contributed by atoms with Crippen molar-refractivity contribution in [2.45, 2.75) is 37.5 Å². The zero-order chi connectivity index (χ0) is 19.1. The van der Waals surface area contributed by atoms with Gasteiger partial charge in [0.15, 0.2) is 0 Å². The highest BCUT2D eigenvalue weighted by atomic mass is 16.5. The summed E-state index contributed by atoms with van der Waals surface area (Å²) in [6, 6.07) is 8.74. The van der Waals surface area contributed by atoms with E-state index in [1.54, 1.807) is 13.3 Å². The van der Waals surface area contributed by atoms with Crippen LogP contribution in [0.2, 0.25) is 0 Å². The van der Waals surface area contributed by atoms with Crippen LogP contribution < -0.4 is 0 Å². The predicted octanol–water partition coefficient (Wildman–Crippen LogP) is 3.48. The molecule has 28 heavy (non-hydrogen) atoms. The van der Waals surface area contributed by atoms with Crippen molar-refractivity contribution in [2.75, 3.05) is 13.1 Å². The van der Waals surface area contributed by atoms with Gasteiger partial charge in [0.25, 0.3) is 5.91 Å². The first kappa shape index (κ1) is 17.1. The standard InChI is InChI=1S/C22H22N4O2/c1-15-19(13-25-28-15)21(27)26-8-6-22(7-9-26)10-18(16-11-23-14-24-12-16)17-4-2-3-5-20(17)22/h2-5,11-14,18H,6-10H2,1H3/t18-/m1/s1. The minimum absolute atomic E-state index is 0.0212. The van der Waals surface area contributed by atoms with Gasteiger partial charge in [-0.2, -0.15) is 0 Å². The van der Waals surface area contributed by atoms with Crippen LogP contribution in [0.5, 0.6) is 0 Å². The molecule has 1 spiro atoms. The summed E-state index contributed by atoms with van der Waals surface area (Å²) in [6.45, 7) is 3.27. The molecule has 1 aliphatic heterocycles. The van der Waals surface area contributed by atoms with E-state index in [2.05, 4.69) is 39.4 Å². The van der Waals surface area contributed by atoms with Crippen LogP contribution in [0.25, 0.3) is 0 Å². The fourth-order valence-corrected chi connectivity index (χ4v) is 4.97. The second kappa shape index (κ2) is 6.55. The quantitative estimate of drug-likeness (QED) is 0.687. The van der Waals surface area contributed by atoms with Crippen molar-refractivity contribution < 1.29 is 9.32 Å². The molecule has 0 unspecified atom stereocenters. The Morgan fingerprint density at radius 2 is 1.89 bits per heavy atom. The van der Waals surface area contributed by atoms with Gasteiger partial charge in [0.2, 0.25) is 0 Å². The van der Waals surface area contributed by atoms with Crippen molar-refractivity contribution in [2.24, 2.45) is 0 Å². The smallest absolute Gasteiger partial charge is 0.259 e. The summed E-state index contributed by atoms with van der Waals surface area (Å²) in [6.07, 6.45) is 9.94. The Labute approximate surface area is 163 Å². The van der Waals surface area contributed by atoms with Gasteiger partial charge < -0.3 is 9.42 Å². The molecule has 142 valence electrons. The lowest BCUT2D eigenvalue weighted by Gasteiger charge is -2.40. The number of fused-ring (bicyclic) bond motifs is 2. The molecule has 2 aromatic heterocycles. The minimum Gasteiger partial charge on any atom is -0.361 e. The van der Waals surface area contributed by atoms with E-state index in [0.29, 0.717) is 17.2 Å². The van der Waals surface area contributed by atoms with E-state index < -0.39 is 0 Å². The van der Waals surface area contributed by atoms with Crippen molar-refractivity contribution in [1.82, 2.24) is 20.0 Å². The number of aryl methyl sites for hydroxylation is 1. The summed E-state index contributed by atoms with van der Waals surface area (Å²) >= 11 is 0. The lowest BCUT2D eigenvalue weighted by Crippen LogP contribution is -2.44. The van der Waals surface area contributed by atoms with E-state index in [-0.39, 0.29) is 11.3 Å². The number of piperidine rings is 1. The first-order valence-corrected chi connectivity index (χ1v) is 9.73. The third-order valence-electron chi connectivity index (χ3n) is 6.47. The maximum atomic E-state index is 12.8. The third kappa shape index (κ3) is 2.63. The number of likely N-dealkylation sites (tertiary alicyclic amines) is 1. The number of hydrogen-bond acceptors (Lipinski definition) is 5.